The number of nitrogens with two attached hydrogens (primary N) is 2. The highest BCUT2D eigenvalue weighted by molar-refractivity contribution is 8.00. The second kappa shape index (κ2) is 11.3. The molecular weight excluding hydrogens is 597 g/mol. The van der Waals surface area contributed by atoms with Gasteiger partial charge in [-0.1, -0.05) is 16.5 Å². The minimum Gasteiger partial charge on any atom is -0.543 e. The maximum Gasteiger partial charge on any atom is 0.315 e. The molecule has 3 aromatic rings. The molecule has 5 rings (SSSR count). The number of amides is 4. The highest BCUT2D eigenvalue weighted by atomic mass is 32.2. The summed E-state index contributed by atoms with van der Waals surface area (Å²) in [5, 5.41) is 20.0. The van der Waals surface area contributed by atoms with Gasteiger partial charge in [0, 0.05) is 35.3 Å². The molecule has 3 aromatic heterocycles. The van der Waals surface area contributed by atoms with E-state index in [4.69, 9.17) is 16.3 Å². The number of primary amides is 1. The molecule has 1 saturated heterocycles. The van der Waals surface area contributed by atoms with E-state index in [1.807, 2.05) is 26.7 Å². The van der Waals surface area contributed by atoms with Crippen LogP contribution in [0.15, 0.2) is 34.2 Å². The van der Waals surface area contributed by atoms with Crippen molar-refractivity contribution in [3.63, 3.8) is 0 Å². The van der Waals surface area contributed by atoms with Crippen molar-refractivity contribution in [2.45, 2.75) is 31.4 Å². The standard InChI is InChI=1S/C22H24N10O6S3/c1-3-38-27-13(16-26-21(23)41-28-16)17(33)25-14-18(34)32-15(20(35)36)10(9-40-19(14)32)6-30-8-12-31(4-5-39-12)11(30)7-29(2)22(24)37/h4-5,8,14,19H,3,6-7,9H2,1-2H3,(H5-,23,24,25,26,28,33,35,36,37)/b27-13-/t14-,19-/m1/s1. The van der Waals surface area contributed by atoms with Gasteiger partial charge in [-0.2, -0.15) is 13.8 Å². The maximum atomic E-state index is 13.2. The average Bonchev–Trinajstić information content (AvgIpc) is 3.65. The lowest BCUT2D eigenvalue weighted by Gasteiger charge is -2.50. The fourth-order valence-electron chi connectivity index (χ4n) is 4.39. The summed E-state index contributed by atoms with van der Waals surface area (Å²) in [6.07, 6.45) is 3.68. The topological polar surface area (TPSA) is 218 Å². The monoisotopic (exact) mass is 620 g/mol. The second-order valence-electron chi connectivity index (χ2n) is 8.89. The molecule has 5 heterocycles. The number of aromatic nitrogens is 4. The summed E-state index contributed by atoms with van der Waals surface area (Å²) < 4.78 is 7.68. The van der Waals surface area contributed by atoms with Gasteiger partial charge >= 0.3 is 6.03 Å². The molecular formula is C22H24N10O6S3. The molecule has 2 aliphatic heterocycles. The fraction of sp³-hybridized carbons (Fsp3) is 0.364. The molecule has 41 heavy (non-hydrogen) atoms. The highest BCUT2D eigenvalue weighted by Crippen LogP contribution is 2.40. The minimum atomic E-state index is -1.51. The van der Waals surface area contributed by atoms with Crippen LogP contribution in [0.1, 0.15) is 18.6 Å². The Morgan fingerprint density at radius 3 is 2.83 bits per heavy atom. The Morgan fingerprint density at radius 1 is 1.39 bits per heavy atom. The van der Waals surface area contributed by atoms with Crippen LogP contribution in [-0.4, -0.2) is 83.9 Å². The van der Waals surface area contributed by atoms with Crippen LogP contribution in [0.25, 0.3) is 4.83 Å². The number of carbonyl (C=O) groups excluding carboxylic acids is 4. The van der Waals surface area contributed by atoms with Gasteiger partial charge in [0.05, 0.1) is 11.7 Å². The summed E-state index contributed by atoms with van der Waals surface area (Å²) in [7, 11) is 1.56. The smallest absolute Gasteiger partial charge is 0.315 e. The number of carboxylic acid groups (broad SMARTS) is 1. The number of urea groups is 1. The SMILES string of the molecule is CCO/N=C(\C(=O)N[C@@H]1C(=O)N2C(C(=O)[O-])=C(C[n+]3cc4sccn4c3CN(C)C(N)=O)CS[C@H]12)c1nsc(N)n1. The number of imidazole rings is 1. The molecule has 0 aromatic carbocycles. The number of carboxylic acids is 1. The molecule has 0 unspecified atom stereocenters. The molecule has 0 radical (unpaired) electrons. The van der Waals surface area contributed by atoms with E-state index in [0.29, 0.717) is 11.4 Å². The average molecular weight is 621 g/mol. The molecule has 0 saturated carbocycles. The Hall–Kier alpha value is -4.23. The lowest BCUT2D eigenvalue weighted by atomic mass is 10.0. The van der Waals surface area contributed by atoms with E-state index in [-0.39, 0.29) is 47.8 Å². The van der Waals surface area contributed by atoms with Crippen LogP contribution >= 0.6 is 34.6 Å². The van der Waals surface area contributed by atoms with Gasteiger partial charge in [-0.25, -0.2) is 9.36 Å². The molecule has 0 spiro atoms. The first-order chi connectivity index (χ1) is 19.6. The van der Waals surface area contributed by atoms with E-state index in [0.717, 1.165) is 21.3 Å². The molecule has 19 heteroatoms. The van der Waals surface area contributed by atoms with Gasteiger partial charge in [-0.3, -0.25) is 14.5 Å². The van der Waals surface area contributed by atoms with Crippen LogP contribution in [0.3, 0.4) is 0 Å². The quantitative estimate of drug-likeness (QED) is 0.0987. The third kappa shape index (κ3) is 5.30. The van der Waals surface area contributed by atoms with Gasteiger partial charge in [0.2, 0.25) is 16.4 Å². The number of nitrogen functional groups attached to an aromatic ring is 1. The lowest BCUT2D eigenvalue weighted by Crippen LogP contribution is -2.71. The van der Waals surface area contributed by atoms with E-state index >= 15 is 0 Å². The van der Waals surface area contributed by atoms with Gasteiger partial charge in [-0.05, 0) is 6.92 Å². The zero-order chi connectivity index (χ0) is 29.4. The number of β-lactam (4-membered cyclic amide) rings is 1. The van der Waals surface area contributed by atoms with Crippen LogP contribution in [0, 0.1) is 0 Å². The Labute approximate surface area is 244 Å². The first-order valence-electron chi connectivity index (χ1n) is 12.1. The largest absolute Gasteiger partial charge is 0.543 e. The van der Waals surface area contributed by atoms with Gasteiger partial charge in [0.25, 0.3) is 17.6 Å². The molecule has 1 fully saturated rings. The zero-order valence-corrected chi connectivity index (χ0v) is 24.1. The van der Waals surface area contributed by atoms with Crippen LogP contribution in [0.4, 0.5) is 9.93 Å². The Bertz CT molecular complexity index is 1610. The number of nitrogens with one attached hydrogen (secondary N) is 1. The predicted octanol–water partition coefficient (Wildman–Crippen LogP) is -1.92. The molecule has 2 aliphatic rings. The Kier molecular flexibility index (Phi) is 7.82. The molecule has 5 N–H and O–H groups in total. The van der Waals surface area contributed by atoms with E-state index in [2.05, 4.69) is 19.8 Å². The van der Waals surface area contributed by atoms with Crippen molar-refractivity contribution in [3.8, 4) is 0 Å². The van der Waals surface area contributed by atoms with E-state index in [1.165, 1.54) is 28.0 Å². The van der Waals surface area contributed by atoms with Crippen molar-refractivity contribution in [2.24, 2.45) is 10.9 Å². The number of carbonyl (C=O) groups is 4. The summed E-state index contributed by atoms with van der Waals surface area (Å²) >= 11 is 3.64. The summed E-state index contributed by atoms with van der Waals surface area (Å²) in [5.74, 6) is -2.02. The lowest BCUT2D eigenvalue weighted by molar-refractivity contribution is -0.695. The van der Waals surface area contributed by atoms with Crippen LogP contribution in [0.2, 0.25) is 0 Å². The first kappa shape index (κ1) is 28.3. The molecule has 0 aliphatic carbocycles. The first-order valence-corrected chi connectivity index (χ1v) is 14.8. The van der Waals surface area contributed by atoms with Crippen molar-refractivity contribution in [2.75, 3.05) is 25.1 Å². The minimum absolute atomic E-state index is 0.0572. The zero-order valence-electron chi connectivity index (χ0n) is 21.7. The molecule has 2 atom stereocenters. The molecule has 16 nitrogen and oxygen atoms in total. The number of nitrogens with zero attached hydrogens (tertiary/aromatic N) is 7. The van der Waals surface area contributed by atoms with Gasteiger partial charge in [0.1, 0.15) is 43.5 Å². The number of thiazole rings is 1. The van der Waals surface area contributed by atoms with Gasteiger partial charge in [-0.15, -0.1) is 11.8 Å². The van der Waals surface area contributed by atoms with Gasteiger partial charge < -0.3 is 36.4 Å². The van der Waals surface area contributed by atoms with E-state index in [1.54, 1.807) is 14.0 Å². The number of fused-ring (bicyclic) bond motifs is 2. The number of anilines is 1. The number of hydrogen-bond donors (Lipinski definition) is 3. The van der Waals surface area contributed by atoms with E-state index < -0.39 is 35.2 Å². The van der Waals surface area contributed by atoms with Crippen LogP contribution < -0.4 is 26.5 Å². The second-order valence-corrected chi connectivity index (χ2v) is 11.7. The van der Waals surface area contributed by atoms with Crippen molar-refractivity contribution >= 4 is 74.1 Å². The fourth-order valence-corrected chi connectivity index (χ4v) is 6.95. The van der Waals surface area contributed by atoms with Crippen LogP contribution in [0.5, 0.6) is 0 Å². The number of hydrogen-bond acceptors (Lipinski definition) is 13. The van der Waals surface area contributed by atoms with E-state index in [9.17, 15) is 24.3 Å². The third-order valence-corrected chi connectivity index (χ3v) is 8.99. The highest BCUT2D eigenvalue weighted by Gasteiger charge is 2.53. The predicted molar refractivity (Wildman–Crippen MR) is 146 cm³/mol. The number of aliphatic carboxylic acids is 1. The summed E-state index contributed by atoms with van der Waals surface area (Å²) in [6, 6.07) is -1.64. The normalized spacial score (nSPS) is 18.7. The Morgan fingerprint density at radius 2 is 2.17 bits per heavy atom. The number of oxime groups is 1. The van der Waals surface area contributed by atoms with Crippen molar-refractivity contribution in [1.82, 2.24) is 28.9 Å². The van der Waals surface area contributed by atoms with Crippen molar-refractivity contribution in [1.29, 1.82) is 0 Å². The number of thioether (sulfide) groups is 1. The molecule has 216 valence electrons. The summed E-state index contributed by atoms with van der Waals surface area (Å²) in [6.45, 7) is 2.15. The number of rotatable bonds is 10. The van der Waals surface area contributed by atoms with Crippen molar-refractivity contribution < 1.29 is 33.7 Å². The summed E-state index contributed by atoms with van der Waals surface area (Å²) in [4.78, 5) is 62.5. The maximum absolute atomic E-state index is 13.2. The molecule has 4 amide bonds. The third-order valence-electron chi connectivity index (χ3n) is 6.31. The van der Waals surface area contributed by atoms with Gasteiger partial charge in [0.15, 0.2) is 5.13 Å². The molecule has 0 bridgehead atoms. The van der Waals surface area contributed by atoms with Crippen LogP contribution in [-0.2, 0) is 32.3 Å². The Balaban J connectivity index is 1.38. The summed E-state index contributed by atoms with van der Waals surface area (Å²) in [5.41, 5.74) is 11.0. The van der Waals surface area contributed by atoms with Crippen molar-refractivity contribution in [3.05, 3.63) is 40.7 Å².